The molecule has 0 bridgehead atoms. The summed E-state index contributed by atoms with van der Waals surface area (Å²) in [6, 6.07) is 8.36. The number of aromatic nitrogens is 2. The van der Waals surface area contributed by atoms with Crippen molar-refractivity contribution in [2.75, 3.05) is 31.0 Å². The van der Waals surface area contributed by atoms with Crippen molar-refractivity contribution in [3.63, 3.8) is 0 Å². The van der Waals surface area contributed by atoms with Gasteiger partial charge in [0.05, 0.1) is 6.54 Å². The van der Waals surface area contributed by atoms with Crippen molar-refractivity contribution >= 4 is 36.3 Å². The van der Waals surface area contributed by atoms with Crippen molar-refractivity contribution in [1.29, 1.82) is 0 Å². The van der Waals surface area contributed by atoms with Crippen molar-refractivity contribution in [3.8, 4) is 0 Å². The molecule has 1 aromatic carbocycles. The Balaban J connectivity index is 0.00000220. The van der Waals surface area contributed by atoms with E-state index in [1.165, 1.54) is 11.3 Å². The first-order valence-corrected chi connectivity index (χ1v) is 6.70. The van der Waals surface area contributed by atoms with Gasteiger partial charge < -0.3 is 10.2 Å². The Hall–Kier alpha value is -1.46. The molecule has 4 nitrogen and oxygen atoms in total. The van der Waals surface area contributed by atoms with Crippen molar-refractivity contribution in [3.05, 3.63) is 41.6 Å². The van der Waals surface area contributed by atoms with E-state index >= 15 is 0 Å². The molecule has 0 aliphatic rings. The summed E-state index contributed by atoms with van der Waals surface area (Å²) in [5, 5.41) is 7.61. The highest BCUT2D eigenvalue weighted by molar-refractivity contribution is 5.85. The second-order valence-corrected chi connectivity index (χ2v) is 5.03. The molecule has 0 saturated heterocycles. The second-order valence-electron chi connectivity index (χ2n) is 5.03. The van der Waals surface area contributed by atoms with Crippen LogP contribution < -0.4 is 10.2 Å². The Bertz CT molecular complexity index is 555. The minimum Gasteiger partial charge on any atom is -0.378 e. The van der Waals surface area contributed by atoms with Gasteiger partial charge >= 0.3 is 0 Å². The number of anilines is 2. The van der Waals surface area contributed by atoms with Crippen molar-refractivity contribution < 1.29 is 4.39 Å². The van der Waals surface area contributed by atoms with E-state index in [1.54, 1.807) is 4.68 Å². The molecular formula is C15H23Cl2FN4. The lowest BCUT2D eigenvalue weighted by Gasteiger charge is -2.12. The predicted molar refractivity (Wildman–Crippen MR) is 95.5 cm³/mol. The van der Waals surface area contributed by atoms with Crippen LogP contribution in [0.5, 0.6) is 0 Å². The standard InChI is InChI=1S/C15H21FN4.2ClH/c1-12-11-20(9-8-16)18-15(12)17-10-13-4-6-14(7-5-13)19(2)3;;/h4-7,11H,8-10H2,1-3H3,(H,17,18);2*1H. The van der Waals surface area contributed by atoms with Crippen LogP contribution in [0.4, 0.5) is 15.9 Å². The molecule has 0 amide bonds. The molecule has 2 aromatic rings. The highest BCUT2D eigenvalue weighted by Gasteiger charge is 2.04. The SMILES string of the molecule is Cc1cn(CCF)nc1NCc1ccc(N(C)C)cc1.Cl.Cl. The number of hydrogen-bond donors (Lipinski definition) is 1. The van der Waals surface area contributed by atoms with E-state index in [4.69, 9.17) is 0 Å². The number of rotatable bonds is 6. The van der Waals surface area contributed by atoms with Crippen molar-refractivity contribution in [2.24, 2.45) is 0 Å². The Morgan fingerprint density at radius 1 is 1.18 bits per heavy atom. The molecule has 0 unspecified atom stereocenters. The predicted octanol–water partition coefficient (Wildman–Crippen LogP) is 3.68. The van der Waals surface area contributed by atoms with E-state index in [2.05, 4.69) is 39.6 Å². The van der Waals surface area contributed by atoms with E-state index < -0.39 is 6.67 Å². The fourth-order valence-electron chi connectivity index (χ4n) is 1.99. The minimum absolute atomic E-state index is 0. The molecule has 0 spiro atoms. The van der Waals surface area contributed by atoms with E-state index in [1.807, 2.05) is 27.2 Å². The quantitative estimate of drug-likeness (QED) is 0.864. The highest BCUT2D eigenvalue weighted by atomic mass is 35.5. The van der Waals surface area contributed by atoms with Crippen LogP contribution >= 0.6 is 24.8 Å². The lowest BCUT2D eigenvalue weighted by atomic mass is 10.2. The lowest BCUT2D eigenvalue weighted by Crippen LogP contribution is -2.08. The third kappa shape index (κ3) is 5.39. The number of nitrogens with one attached hydrogen (secondary N) is 1. The normalized spacial score (nSPS) is 9.64. The number of aryl methyl sites for hydroxylation is 2. The van der Waals surface area contributed by atoms with Gasteiger partial charge in [-0.15, -0.1) is 24.8 Å². The average molecular weight is 349 g/mol. The van der Waals surface area contributed by atoms with Crippen LogP contribution in [0, 0.1) is 6.92 Å². The van der Waals surface area contributed by atoms with Gasteiger partial charge in [0.25, 0.3) is 0 Å². The van der Waals surface area contributed by atoms with E-state index in [0.717, 1.165) is 11.4 Å². The van der Waals surface area contributed by atoms with Gasteiger partial charge in [0.15, 0.2) is 5.82 Å². The molecule has 0 aliphatic heterocycles. The summed E-state index contributed by atoms with van der Waals surface area (Å²) in [4.78, 5) is 2.07. The van der Waals surface area contributed by atoms with Gasteiger partial charge in [-0.2, -0.15) is 5.10 Å². The fourth-order valence-corrected chi connectivity index (χ4v) is 1.99. The first-order valence-electron chi connectivity index (χ1n) is 6.70. The summed E-state index contributed by atoms with van der Waals surface area (Å²) in [5.41, 5.74) is 3.40. The van der Waals surface area contributed by atoms with Gasteiger partial charge in [0.1, 0.15) is 6.67 Å². The summed E-state index contributed by atoms with van der Waals surface area (Å²) < 4.78 is 13.9. The monoisotopic (exact) mass is 348 g/mol. The molecule has 1 N–H and O–H groups in total. The van der Waals surface area contributed by atoms with Gasteiger partial charge in [-0.25, -0.2) is 4.39 Å². The van der Waals surface area contributed by atoms with Gasteiger partial charge in [0, 0.05) is 38.1 Å². The molecule has 2 rings (SSSR count). The van der Waals surface area contributed by atoms with Crippen LogP contribution in [0.3, 0.4) is 0 Å². The average Bonchev–Trinajstić information content (AvgIpc) is 2.77. The third-order valence-corrected chi connectivity index (χ3v) is 3.17. The maximum Gasteiger partial charge on any atom is 0.151 e. The molecule has 1 aromatic heterocycles. The maximum absolute atomic E-state index is 12.3. The zero-order valence-electron chi connectivity index (χ0n) is 13.0. The second kappa shape index (κ2) is 9.54. The van der Waals surface area contributed by atoms with Gasteiger partial charge in [0.2, 0.25) is 0 Å². The third-order valence-electron chi connectivity index (χ3n) is 3.17. The first-order chi connectivity index (χ1) is 9.60. The number of alkyl halides is 1. The first kappa shape index (κ1) is 20.5. The number of nitrogens with zero attached hydrogens (tertiary/aromatic N) is 3. The van der Waals surface area contributed by atoms with Crippen LogP contribution in [0.2, 0.25) is 0 Å². The topological polar surface area (TPSA) is 33.1 Å². The molecule has 22 heavy (non-hydrogen) atoms. The minimum atomic E-state index is -0.396. The summed E-state index contributed by atoms with van der Waals surface area (Å²) in [5.74, 6) is 0.815. The van der Waals surface area contributed by atoms with Gasteiger partial charge in [-0.05, 0) is 24.6 Å². The summed E-state index contributed by atoms with van der Waals surface area (Å²) in [6.45, 7) is 2.59. The molecule has 0 aliphatic carbocycles. The molecule has 0 saturated carbocycles. The summed E-state index contributed by atoms with van der Waals surface area (Å²) in [6.07, 6.45) is 1.86. The molecule has 7 heteroatoms. The number of halogens is 3. The van der Waals surface area contributed by atoms with Gasteiger partial charge in [-0.3, -0.25) is 4.68 Å². The van der Waals surface area contributed by atoms with E-state index in [9.17, 15) is 4.39 Å². The van der Waals surface area contributed by atoms with Crippen LogP contribution in [0.1, 0.15) is 11.1 Å². The Labute approximate surface area is 143 Å². The fraction of sp³-hybridized carbons (Fsp3) is 0.400. The Kier molecular flexibility index (Phi) is 8.90. The molecule has 1 heterocycles. The van der Waals surface area contributed by atoms with Crippen molar-refractivity contribution in [2.45, 2.75) is 20.0 Å². The molecule has 0 radical (unpaired) electrons. The summed E-state index contributed by atoms with van der Waals surface area (Å²) in [7, 11) is 4.04. The molecular weight excluding hydrogens is 326 g/mol. The molecule has 0 atom stereocenters. The van der Waals surface area contributed by atoms with Crippen LogP contribution in [0.25, 0.3) is 0 Å². The molecule has 124 valence electrons. The zero-order chi connectivity index (χ0) is 14.5. The van der Waals surface area contributed by atoms with Gasteiger partial charge in [-0.1, -0.05) is 12.1 Å². The number of benzene rings is 1. The lowest BCUT2D eigenvalue weighted by molar-refractivity contribution is 0.427. The molecule has 0 fully saturated rings. The summed E-state index contributed by atoms with van der Waals surface area (Å²) >= 11 is 0. The zero-order valence-corrected chi connectivity index (χ0v) is 14.7. The Morgan fingerprint density at radius 2 is 1.82 bits per heavy atom. The van der Waals surface area contributed by atoms with E-state index in [-0.39, 0.29) is 24.8 Å². The maximum atomic E-state index is 12.3. The highest BCUT2D eigenvalue weighted by Crippen LogP contribution is 2.15. The van der Waals surface area contributed by atoms with Crippen molar-refractivity contribution in [1.82, 2.24) is 9.78 Å². The van der Waals surface area contributed by atoms with E-state index in [0.29, 0.717) is 13.1 Å². The Morgan fingerprint density at radius 3 is 2.36 bits per heavy atom. The van der Waals surface area contributed by atoms with Crippen LogP contribution in [0.15, 0.2) is 30.5 Å². The largest absolute Gasteiger partial charge is 0.378 e. The smallest absolute Gasteiger partial charge is 0.151 e. The number of hydrogen-bond acceptors (Lipinski definition) is 3. The van der Waals surface area contributed by atoms with Crippen LogP contribution in [-0.4, -0.2) is 30.6 Å². The van der Waals surface area contributed by atoms with Crippen LogP contribution in [-0.2, 0) is 13.1 Å².